The molecule has 110 valence electrons. The number of Topliss-reactive ketones (excluding diaryl/α,β-unsaturated/α-hetero) is 1. The number of thiophene rings is 1. The second kappa shape index (κ2) is 7.27. The zero-order chi connectivity index (χ0) is 15.3. The fraction of sp³-hybridized carbons (Fsp3) is 0.571. The quantitative estimate of drug-likeness (QED) is 0.596. The molecule has 0 spiro atoms. The molecule has 0 atom stereocenters. The number of nitrogens with one attached hydrogen (secondary N) is 1. The number of nitriles is 1. The fourth-order valence-corrected chi connectivity index (χ4v) is 2.91. The van der Waals surface area contributed by atoms with Crippen molar-refractivity contribution in [2.24, 2.45) is 5.92 Å². The largest absolute Gasteiger partial charge is 0.396 e. The van der Waals surface area contributed by atoms with Crippen LogP contribution in [0.15, 0.2) is 0 Å². The Kier molecular flexibility index (Phi) is 5.99. The summed E-state index contributed by atoms with van der Waals surface area (Å²) >= 11 is 1.28. The maximum atomic E-state index is 12.1. The number of carbonyl (C=O) groups excluding carboxylic acids is 1. The van der Waals surface area contributed by atoms with Crippen molar-refractivity contribution in [3.8, 4) is 6.07 Å². The number of carbonyl (C=O) groups is 1. The standard InChI is InChI=1S/C14H22N4OS/c1-9(2)12(19)13-11(16)10(8-15)14(20-13)17-6-5-7-18(3)4/h9,17H,5-7,16H2,1-4H3. The SMILES string of the molecule is CC(C)C(=O)c1sc(NCCCN(C)C)c(C#N)c1N. The summed E-state index contributed by atoms with van der Waals surface area (Å²) in [5.41, 5.74) is 6.63. The van der Waals surface area contributed by atoms with E-state index >= 15 is 0 Å². The highest BCUT2D eigenvalue weighted by atomic mass is 32.1. The monoisotopic (exact) mass is 294 g/mol. The number of rotatable bonds is 7. The van der Waals surface area contributed by atoms with Gasteiger partial charge in [-0.3, -0.25) is 4.79 Å². The molecule has 0 aromatic carbocycles. The average molecular weight is 294 g/mol. The Labute approximate surface area is 124 Å². The average Bonchev–Trinajstić information content (AvgIpc) is 2.69. The predicted octanol–water partition coefficient (Wildman–Crippen LogP) is 2.40. The molecule has 1 heterocycles. The van der Waals surface area contributed by atoms with Gasteiger partial charge in [0, 0.05) is 12.5 Å². The Hall–Kier alpha value is -1.58. The third kappa shape index (κ3) is 3.95. The van der Waals surface area contributed by atoms with Gasteiger partial charge in [0.2, 0.25) is 0 Å². The molecule has 0 aliphatic rings. The Morgan fingerprint density at radius 2 is 2.15 bits per heavy atom. The van der Waals surface area contributed by atoms with E-state index in [9.17, 15) is 10.1 Å². The minimum Gasteiger partial charge on any atom is -0.396 e. The highest BCUT2D eigenvalue weighted by Gasteiger charge is 2.22. The molecule has 3 N–H and O–H groups in total. The molecule has 5 nitrogen and oxygen atoms in total. The minimum absolute atomic E-state index is 0.00894. The van der Waals surface area contributed by atoms with Crippen LogP contribution in [-0.2, 0) is 0 Å². The van der Waals surface area contributed by atoms with Crippen molar-refractivity contribution in [2.45, 2.75) is 20.3 Å². The van der Waals surface area contributed by atoms with Crippen LogP contribution in [0.4, 0.5) is 10.7 Å². The number of hydrogen-bond acceptors (Lipinski definition) is 6. The highest BCUT2D eigenvalue weighted by Crippen LogP contribution is 2.36. The van der Waals surface area contributed by atoms with Gasteiger partial charge in [-0.05, 0) is 27.1 Å². The van der Waals surface area contributed by atoms with E-state index in [-0.39, 0.29) is 11.7 Å². The first-order valence-corrected chi connectivity index (χ1v) is 7.45. The Bertz CT molecular complexity index is 514. The fourth-order valence-electron chi connectivity index (χ4n) is 1.72. The lowest BCUT2D eigenvalue weighted by molar-refractivity contribution is 0.0944. The summed E-state index contributed by atoms with van der Waals surface area (Å²) in [5.74, 6) is -0.130. The third-order valence-electron chi connectivity index (χ3n) is 2.87. The van der Waals surface area contributed by atoms with E-state index in [1.165, 1.54) is 11.3 Å². The zero-order valence-electron chi connectivity index (χ0n) is 12.5. The van der Waals surface area contributed by atoms with Crippen molar-refractivity contribution in [1.29, 1.82) is 5.26 Å². The summed E-state index contributed by atoms with van der Waals surface area (Å²) in [7, 11) is 4.03. The summed E-state index contributed by atoms with van der Waals surface area (Å²) in [5, 5.41) is 13.1. The first-order chi connectivity index (χ1) is 9.38. The number of anilines is 2. The molecule has 0 bridgehead atoms. The summed E-state index contributed by atoms with van der Waals surface area (Å²) in [6.07, 6.45) is 0.961. The highest BCUT2D eigenvalue weighted by molar-refractivity contribution is 7.19. The van der Waals surface area contributed by atoms with Crippen LogP contribution in [0.5, 0.6) is 0 Å². The zero-order valence-corrected chi connectivity index (χ0v) is 13.3. The topological polar surface area (TPSA) is 82.2 Å². The molecule has 0 unspecified atom stereocenters. The Balaban J connectivity index is 2.84. The van der Waals surface area contributed by atoms with Gasteiger partial charge in [-0.15, -0.1) is 11.3 Å². The second-order valence-corrected chi connectivity index (χ2v) is 6.28. The molecule has 0 saturated heterocycles. The molecular formula is C14H22N4OS. The molecule has 0 aliphatic heterocycles. The van der Waals surface area contributed by atoms with E-state index < -0.39 is 0 Å². The first kappa shape index (κ1) is 16.5. The minimum atomic E-state index is -0.121. The molecule has 20 heavy (non-hydrogen) atoms. The summed E-state index contributed by atoms with van der Waals surface area (Å²) < 4.78 is 0. The molecule has 0 fully saturated rings. The normalized spacial score (nSPS) is 10.8. The van der Waals surface area contributed by atoms with E-state index in [0.717, 1.165) is 19.5 Å². The van der Waals surface area contributed by atoms with E-state index in [1.807, 2.05) is 27.9 Å². The molecule has 6 heteroatoms. The lowest BCUT2D eigenvalue weighted by Gasteiger charge is -2.09. The van der Waals surface area contributed by atoms with Crippen LogP contribution in [0.2, 0.25) is 0 Å². The Morgan fingerprint density at radius 1 is 1.50 bits per heavy atom. The van der Waals surface area contributed by atoms with Gasteiger partial charge < -0.3 is 16.0 Å². The van der Waals surface area contributed by atoms with Gasteiger partial charge in [0.05, 0.1) is 10.6 Å². The van der Waals surface area contributed by atoms with Crippen LogP contribution in [0.1, 0.15) is 35.5 Å². The van der Waals surface area contributed by atoms with Crippen molar-refractivity contribution >= 4 is 27.8 Å². The molecule has 0 radical (unpaired) electrons. The first-order valence-electron chi connectivity index (χ1n) is 6.63. The van der Waals surface area contributed by atoms with Crippen molar-refractivity contribution in [3.63, 3.8) is 0 Å². The van der Waals surface area contributed by atoms with Crippen LogP contribution in [0.25, 0.3) is 0 Å². The van der Waals surface area contributed by atoms with Gasteiger partial charge in [-0.1, -0.05) is 13.8 Å². The van der Waals surface area contributed by atoms with Crippen LogP contribution < -0.4 is 11.1 Å². The number of nitrogens with zero attached hydrogens (tertiary/aromatic N) is 2. The molecule has 0 amide bonds. The van der Waals surface area contributed by atoms with E-state index in [2.05, 4.69) is 16.3 Å². The van der Waals surface area contributed by atoms with Crippen LogP contribution in [0.3, 0.4) is 0 Å². The second-order valence-electron chi connectivity index (χ2n) is 5.26. The number of ketones is 1. The molecular weight excluding hydrogens is 272 g/mol. The molecule has 1 aromatic rings. The van der Waals surface area contributed by atoms with Gasteiger partial charge in [0.15, 0.2) is 5.78 Å². The van der Waals surface area contributed by atoms with Gasteiger partial charge in [-0.2, -0.15) is 5.26 Å². The van der Waals surface area contributed by atoms with Gasteiger partial charge >= 0.3 is 0 Å². The summed E-state index contributed by atoms with van der Waals surface area (Å²) in [4.78, 5) is 14.6. The predicted molar refractivity (Wildman–Crippen MR) is 84.3 cm³/mol. The summed E-state index contributed by atoms with van der Waals surface area (Å²) in [6.45, 7) is 5.38. The maximum absolute atomic E-state index is 12.1. The van der Waals surface area contributed by atoms with Crippen molar-refractivity contribution in [3.05, 3.63) is 10.4 Å². The molecule has 1 rings (SSSR count). The van der Waals surface area contributed by atoms with Crippen LogP contribution >= 0.6 is 11.3 Å². The van der Waals surface area contributed by atoms with E-state index in [0.29, 0.717) is 21.1 Å². The molecule has 0 saturated carbocycles. The number of hydrogen-bond donors (Lipinski definition) is 2. The lowest BCUT2D eigenvalue weighted by Crippen LogP contribution is -2.16. The van der Waals surface area contributed by atoms with E-state index in [1.54, 1.807) is 0 Å². The lowest BCUT2D eigenvalue weighted by atomic mass is 10.1. The molecule has 0 aliphatic carbocycles. The van der Waals surface area contributed by atoms with Gasteiger partial charge in [0.1, 0.15) is 16.6 Å². The maximum Gasteiger partial charge on any atom is 0.177 e. The van der Waals surface area contributed by atoms with Gasteiger partial charge in [0.25, 0.3) is 0 Å². The number of nitrogen functional groups attached to an aromatic ring is 1. The van der Waals surface area contributed by atoms with Gasteiger partial charge in [-0.25, -0.2) is 0 Å². The smallest absolute Gasteiger partial charge is 0.177 e. The number of nitrogens with two attached hydrogens (primary N) is 1. The van der Waals surface area contributed by atoms with Crippen molar-refractivity contribution in [1.82, 2.24) is 4.90 Å². The van der Waals surface area contributed by atoms with Crippen LogP contribution in [0, 0.1) is 17.2 Å². The third-order valence-corrected chi connectivity index (χ3v) is 4.05. The Morgan fingerprint density at radius 3 is 2.65 bits per heavy atom. The van der Waals surface area contributed by atoms with Crippen molar-refractivity contribution < 1.29 is 4.79 Å². The van der Waals surface area contributed by atoms with E-state index in [4.69, 9.17) is 5.73 Å². The summed E-state index contributed by atoms with van der Waals surface area (Å²) in [6, 6.07) is 2.09. The van der Waals surface area contributed by atoms with Crippen LogP contribution in [-0.4, -0.2) is 37.9 Å². The van der Waals surface area contributed by atoms with Crippen molar-refractivity contribution in [2.75, 3.05) is 38.2 Å². The molecule has 1 aromatic heterocycles.